The highest BCUT2D eigenvalue weighted by molar-refractivity contribution is 6.30. The van der Waals surface area contributed by atoms with E-state index in [1.54, 1.807) is 6.92 Å². The van der Waals surface area contributed by atoms with E-state index in [0.29, 0.717) is 6.54 Å². The smallest absolute Gasteiger partial charge is 0.237 e. The average Bonchev–Trinajstić information content (AvgIpc) is 2.34. The predicted octanol–water partition coefficient (Wildman–Crippen LogP) is 2.56. The normalized spacial score (nSPS) is 12.0. The molecule has 0 radical (unpaired) electrons. The zero-order valence-corrected chi connectivity index (χ0v) is 12.0. The van der Waals surface area contributed by atoms with Crippen molar-refractivity contribution in [1.29, 1.82) is 0 Å². The van der Waals surface area contributed by atoms with Gasteiger partial charge in [0.15, 0.2) is 0 Å². The van der Waals surface area contributed by atoms with Gasteiger partial charge in [-0.05, 0) is 38.5 Å². The van der Waals surface area contributed by atoms with Crippen molar-refractivity contribution in [2.45, 2.75) is 26.1 Å². The van der Waals surface area contributed by atoms with Gasteiger partial charge in [0, 0.05) is 25.3 Å². The fraction of sp³-hybridized carbons (Fsp3) is 0.500. The van der Waals surface area contributed by atoms with E-state index >= 15 is 0 Å². The number of halogens is 1. The molecule has 0 saturated heterocycles. The summed E-state index contributed by atoms with van der Waals surface area (Å²) >= 11 is 5.69. The SMILES string of the molecule is CCN(CCNC(=O)C(C)Cl)c1cccc(C)c1. The molecule has 0 aliphatic rings. The highest BCUT2D eigenvalue weighted by Gasteiger charge is 2.09. The number of carbonyl (C=O) groups excluding carboxylic acids is 1. The van der Waals surface area contributed by atoms with Gasteiger partial charge in [0.1, 0.15) is 5.38 Å². The van der Waals surface area contributed by atoms with E-state index in [9.17, 15) is 4.79 Å². The Morgan fingerprint density at radius 2 is 2.22 bits per heavy atom. The molecule has 3 nitrogen and oxygen atoms in total. The third-order valence-corrected chi connectivity index (χ3v) is 2.99. The largest absolute Gasteiger partial charge is 0.370 e. The number of nitrogens with one attached hydrogen (secondary N) is 1. The van der Waals surface area contributed by atoms with Crippen LogP contribution in [0.3, 0.4) is 0 Å². The fourth-order valence-electron chi connectivity index (χ4n) is 1.75. The molecule has 0 heterocycles. The van der Waals surface area contributed by atoms with E-state index in [2.05, 4.69) is 42.3 Å². The highest BCUT2D eigenvalue weighted by Crippen LogP contribution is 2.14. The van der Waals surface area contributed by atoms with Crippen LogP contribution in [-0.2, 0) is 4.79 Å². The van der Waals surface area contributed by atoms with Crippen molar-refractivity contribution in [1.82, 2.24) is 5.32 Å². The van der Waals surface area contributed by atoms with Crippen molar-refractivity contribution in [2.75, 3.05) is 24.5 Å². The molecule has 1 N–H and O–H groups in total. The molecule has 1 rings (SSSR count). The minimum atomic E-state index is -0.473. The Balaban J connectivity index is 2.50. The van der Waals surface area contributed by atoms with Crippen LogP contribution in [0.1, 0.15) is 19.4 Å². The lowest BCUT2D eigenvalue weighted by Crippen LogP contribution is -2.37. The molecule has 100 valence electrons. The second kappa shape index (κ2) is 7.27. The summed E-state index contributed by atoms with van der Waals surface area (Å²) in [7, 11) is 0. The van der Waals surface area contributed by atoms with Crippen LogP contribution in [-0.4, -0.2) is 30.9 Å². The number of carbonyl (C=O) groups is 1. The summed E-state index contributed by atoms with van der Waals surface area (Å²) in [5.41, 5.74) is 2.43. The molecular formula is C14H21ClN2O. The van der Waals surface area contributed by atoms with Gasteiger partial charge in [0.2, 0.25) is 5.91 Å². The quantitative estimate of drug-likeness (QED) is 0.805. The van der Waals surface area contributed by atoms with E-state index in [0.717, 1.165) is 13.1 Å². The number of benzene rings is 1. The van der Waals surface area contributed by atoms with Gasteiger partial charge in [-0.15, -0.1) is 11.6 Å². The van der Waals surface area contributed by atoms with E-state index < -0.39 is 5.38 Å². The van der Waals surface area contributed by atoms with Crippen LogP contribution in [0.25, 0.3) is 0 Å². The standard InChI is InChI=1S/C14H21ClN2O/c1-4-17(9-8-16-14(18)12(3)15)13-7-5-6-11(2)10-13/h5-7,10,12H,4,8-9H2,1-3H3,(H,16,18). The maximum Gasteiger partial charge on any atom is 0.237 e. The van der Waals surface area contributed by atoms with Crippen molar-refractivity contribution >= 4 is 23.2 Å². The Morgan fingerprint density at radius 1 is 1.50 bits per heavy atom. The van der Waals surface area contributed by atoms with Gasteiger partial charge in [-0.3, -0.25) is 4.79 Å². The summed E-state index contributed by atoms with van der Waals surface area (Å²) in [5, 5.41) is 2.35. The number of rotatable bonds is 6. The lowest BCUT2D eigenvalue weighted by molar-refractivity contribution is -0.120. The summed E-state index contributed by atoms with van der Waals surface area (Å²) in [6.45, 7) is 8.17. The second-order valence-corrected chi connectivity index (χ2v) is 4.98. The number of aryl methyl sites for hydroxylation is 1. The van der Waals surface area contributed by atoms with Crippen molar-refractivity contribution in [3.63, 3.8) is 0 Å². The fourth-order valence-corrected chi connectivity index (χ4v) is 1.83. The van der Waals surface area contributed by atoms with Crippen LogP contribution in [0, 0.1) is 6.92 Å². The number of amides is 1. The molecule has 0 fully saturated rings. The Bertz CT molecular complexity index is 393. The van der Waals surface area contributed by atoms with Crippen molar-refractivity contribution in [3.05, 3.63) is 29.8 Å². The van der Waals surface area contributed by atoms with Gasteiger partial charge in [-0.25, -0.2) is 0 Å². The van der Waals surface area contributed by atoms with Crippen molar-refractivity contribution in [3.8, 4) is 0 Å². The number of hydrogen-bond donors (Lipinski definition) is 1. The summed E-state index contributed by atoms with van der Waals surface area (Å²) in [5.74, 6) is -0.114. The molecule has 0 bridgehead atoms. The molecular weight excluding hydrogens is 248 g/mol. The van der Waals surface area contributed by atoms with Crippen LogP contribution in [0.4, 0.5) is 5.69 Å². The molecule has 0 spiro atoms. The number of hydrogen-bond acceptors (Lipinski definition) is 2. The van der Waals surface area contributed by atoms with E-state index in [4.69, 9.17) is 11.6 Å². The van der Waals surface area contributed by atoms with Gasteiger partial charge < -0.3 is 10.2 Å². The highest BCUT2D eigenvalue weighted by atomic mass is 35.5. The number of likely N-dealkylation sites (N-methyl/N-ethyl adjacent to an activating group) is 1. The molecule has 1 aromatic carbocycles. The van der Waals surface area contributed by atoms with Crippen LogP contribution >= 0.6 is 11.6 Å². The molecule has 18 heavy (non-hydrogen) atoms. The summed E-state index contributed by atoms with van der Waals surface area (Å²) in [6.07, 6.45) is 0. The summed E-state index contributed by atoms with van der Waals surface area (Å²) < 4.78 is 0. The summed E-state index contributed by atoms with van der Waals surface area (Å²) in [6, 6.07) is 8.36. The van der Waals surface area contributed by atoms with E-state index in [1.807, 2.05) is 6.07 Å². The first-order chi connectivity index (χ1) is 8.54. The number of anilines is 1. The molecule has 4 heteroatoms. The van der Waals surface area contributed by atoms with Crippen LogP contribution in [0.5, 0.6) is 0 Å². The number of alkyl halides is 1. The molecule has 1 aromatic rings. The maximum atomic E-state index is 11.3. The molecule has 0 aliphatic carbocycles. The van der Waals surface area contributed by atoms with Crippen LogP contribution in [0.2, 0.25) is 0 Å². The Hall–Kier alpha value is -1.22. The first-order valence-electron chi connectivity index (χ1n) is 6.28. The van der Waals surface area contributed by atoms with E-state index in [-0.39, 0.29) is 5.91 Å². The minimum Gasteiger partial charge on any atom is -0.370 e. The molecule has 1 amide bonds. The van der Waals surface area contributed by atoms with Gasteiger partial charge in [-0.1, -0.05) is 12.1 Å². The first-order valence-corrected chi connectivity index (χ1v) is 6.71. The van der Waals surface area contributed by atoms with Crippen LogP contribution in [0.15, 0.2) is 24.3 Å². The average molecular weight is 269 g/mol. The third-order valence-electron chi connectivity index (χ3n) is 2.79. The van der Waals surface area contributed by atoms with Gasteiger partial charge in [-0.2, -0.15) is 0 Å². The Labute approximate surface area is 114 Å². The van der Waals surface area contributed by atoms with Crippen molar-refractivity contribution in [2.24, 2.45) is 0 Å². The second-order valence-electron chi connectivity index (χ2n) is 4.33. The van der Waals surface area contributed by atoms with Gasteiger partial charge in [0.05, 0.1) is 0 Å². The topological polar surface area (TPSA) is 32.3 Å². The lowest BCUT2D eigenvalue weighted by Gasteiger charge is -2.23. The Morgan fingerprint density at radius 3 is 2.78 bits per heavy atom. The molecule has 1 unspecified atom stereocenters. The molecule has 0 saturated carbocycles. The first kappa shape index (κ1) is 14.8. The van der Waals surface area contributed by atoms with Gasteiger partial charge in [0.25, 0.3) is 0 Å². The third kappa shape index (κ3) is 4.57. The monoisotopic (exact) mass is 268 g/mol. The van der Waals surface area contributed by atoms with E-state index in [1.165, 1.54) is 11.3 Å². The molecule has 0 aliphatic heterocycles. The lowest BCUT2D eigenvalue weighted by atomic mass is 10.2. The maximum absolute atomic E-state index is 11.3. The Kier molecular flexibility index (Phi) is 5.99. The number of nitrogens with zero attached hydrogens (tertiary/aromatic N) is 1. The predicted molar refractivity (Wildman–Crippen MR) is 77.4 cm³/mol. The van der Waals surface area contributed by atoms with Crippen LogP contribution < -0.4 is 10.2 Å². The summed E-state index contributed by atoms with van der Waals surface area (Å²) in [4.78, 5) is 13.6. The zero-order chi connectivity index (χ0) is 13.5. The minimum absolute atomic E-state index is 0.114. The van der Waals surface area contributed by atoms with Crippen molar-refractivity contribution < 1.29 is 4.79 Å². The zero-order valence-electron chi connectivity index (χ0n) is 11.2. The molecule has 0 aromatic heterocycles. The molecule has 1 atom stereocenters. The van der Waals surface area contributed by atoms with Gasteiger partial charge >= 0.3 is 0 Å².